The van der Waals surface area contributed by atoms with Crippen molar-refractivity contribution in [1.29, 1.82) is 0 Å². The Morgan fingerprint density at radius 2 is 0.918 bits per heavy atom. The summed E-state index contributed by atoms with van der Waals surface area (Å²) >= 11 is 0. The van der Waals surface area contributed by atoms with E-state index in [1.54, 1.807) is 0 Å². The molecule has 0 fully saturated rings. The van der Waals surface area contributed by atoms with Gasteiger partial charge in [-0.1, -0.05) is 146 Å². The standard InChI is InChI=1S/C45H27N3O/c1-2-11-28(12-3-1)33-15-6-7-17-39(33)44-46-43(47-45(48-44)40-19-10-18-38-37-16-8-9-20-41(37)49-42(38)40)31-23-24-34-30(27-31)22-26-35-32-14-5-4-13-29(32)21-25-36(34)35/h1-27H. The van der Waals surface area contributed by atoms with Gasteiger partial charge in [0.05, 0.1) is 5.56 Å². The molecule has 0 amide bonds. The third kappa shape index (κ3) is 4.49. The minimum Gasteiger partial charge on any atom is -0.455 e. The molecular weight excluding hydrogens is 599 g/mol. The molecule has 0 radical (unpaired) electrons. The smallest absolute Gasteiger partial charge is 0.167 e. The number of rotatable bonds is 4. The summed E-state index contributed by atoms with van der Waals surface area (Å²) < 4.78 is 6.45. The highest BCUT2D eigenvalue weighted by Crippen LogP contribution is 2.38. The van der Waals surface area contributed by atoms with Gasteiger partial charge >= 0.3 is 0 Å². The first-order valence-electron chi connectivity index (χ1n) is 16.4. The molecule has 8 aromatic carbocycles. The second kappa shape index (κ2) is 11.0. The summed E-state index contributed by atoms with van der Waals surface area (Å²) in [5.41, 5.74) is 6.45. The lowest BCUT2D eigenvalue weighted by molar-refractivity contribution is 0.669. The van der Waals surface area contributed by atoms with Gasteiger partial charge in [0.25, 0.3) is 0 Å². The van der Waals surface area contributed by atoms with E-state index in [0.717, 1.165) is 55.1 Å². The largest absolute Gasteiger partial charge is 0.455 e. The van der Waals surface area contributed by atoms with Gasteiger partial charge in [-0.3, -0.25) is 0 Å². The molecule has 0 N–H and O–H groups in total. The van der Waals surface area contributed by atoms with Gasteiger partial charge < -0.3 is 4.42 Å². The minimum absolute atomic E-state index is 0.567. The van der Waals surface area contributed by atoms with Crippen LogP contribution in [-0.4, -0.2) is 15.0 Å². The van der Waals surface area contributed by atoms with Crippen LogP contribution in [0.4, 0.5) is 0 Å². The van der Waals surface area contributed by atoms with E-state index in [0.29, 0.717) is 17.5 Å². The van der Waals surface area contributed by atoms with Crippen LogP contribution in [0.15, 0.2) is 168 Å². The first kappa shape index (κ1) is 27.5. The zero-order valence-corrected chi connectivity index (χ0v) is 26.3. The van der Waals surface area contributed by atoms with E-state index in [1.165, 1.54) is 26.9 Å². The predicted molar refractivity (Wildman–Crippen MR) is 201 cm³/mol. The molecule has 0 saturated heterocycles. The molecule has 2 heterocycles. The summed E-state index contributed by atoms with van der Waals surface area (Å²) in [5, 5.41) is 9.41. The van der Waals surface area contributed by atoms with Gasteiger partial charge in [0, 0.05) is 21.9 Å². The molecule has 0 spiro atoms. The van der Waals surface area contributed by atoms with Crippen LogP contribution in [0, 0.1) is 0 Å². The number of hydrogen-bond acceptors (Lipinski definition) is 4. The third-order valence-electron chi connectivity index (χ3n) is 9.53. The fourth-order valence-corrected chi connectivity index (χ4v) is 7.18. The van der Waals surface area contributed by atoms with E-state index in [2.05, 4.69) is 121 Å². The van der Waals surface area contributed by atoms with E-state index >= 15 is 0 Å². The number of aromatic nitrogens is 3. The maximum absolute atomic E-state index is 6.45. The molecule has 10 aromatic rings. The van der Waals surface area contributed by atoms with Gasteiger partial charge in [-0.05, 0) is 61.6 Å². The Hall–Kier alpha value is -6.65. The highest BCUT2D eigenvalue weighted by molar-refractivity contribution is 6.17. The Labute approximate surface area is 282 Å². The van der Waals surface area contributed by atoms with E-state index in [9.17, 15) is 0 Å². The normalized spacial score (nSPS) is 11.7. The molecule has 0 unspecified atom stereocenters. The second-order valence-electron chi connectivity index (χ2n) is 12.4. The molecule has 10 rings (SSSR count). The van der Waals surface area contributed by atoms with Crippen molar-refractivity contribution in [1.82, 2.24) is 15.0 Å². The van der Waals surface area contributed by atoms with Crippen molar-refractivity contribution in [2.45, 2.75) is 0 Å². The lowest BCUT2D eigenvalue weighted by Gasteiger charge is -2.13. The quantitative estimate of drug-likeness (QED) is 0.183. The van der Waals surface area contributed by atoms with Gasteiger partial charge in [-0.2, -0.15) is 0 Å². The number of fused-ring (bicyclic) bond motifs is 8. The van der Waals surface area contributed by atoms with Crippen molar-refractivity contribution in [3.05, 3.63) is 164 Å². The molecule has 0 aliphatic rings. The van der Waals surface area contributed by atoms with Crippen LogP contribution in [0.5, 0.6) is 0 Å². The van der Waals surface area contributed by atoms with Crippen molar-refractivity contribution in [3.63, 3.8) is 0 Å². The molecule has 0 atom stereocenters. The molecule has 4 heteroatoms. The summed E-state index contributed by atoms with van der Waals surface area (Å²) in [7, 11) is 0. The van der Waals surface area contributed by atoms with Gasteiger partial charge in [-0.25, -0.2) is 15.0 Å². The molecule has 228 valence electrons. The molecule has 2 aromatic heterocycles. The van der Waals surface area contributed by atoms with E-state index in [1.807, 2.05) is 42.5 Å². The average molecular weight is 626 g/mol. The van der Waals surface area contributed by atoms with Crippen LogP contribution in [0.1, 0.15) is 0 Å². The monoisotopic (exact) mass is 625 g/mol. The summed E-state index contributed by atoms with van der Waals surface area (Å²) in [5.74, 6) is 1.78. The molecule has 0 aliphatic heterocycles. The Kier molecular flexibility index (Phi) is 6.15. The maximum Gasteiger partial charge on any atom is 0.167 e. The molecule has 0 aliphatic carbocycles. The van der Waals surface area contributed by atoms with E-state index in [4.69, 9.17) is 19.4 Å². The minimum atomic E-state index is 0.567. The van der Waals surface area contributed by atoms with Crippen LogP contribution in [0.3, 0.4) is 0 Å². The first-order chi connectivity index (χ1) is 24.3. The summed E-state index contributed by atoms with van der Waals surface area (Å²) in [6.45, 7) is 0. The average Bonchev–Trinajstić information content (AvgIpc) is 3.56. The van der Waals surface area contributed by atoms with Crippen molar-refractivity contribution in [2.75, 3.05) is 0 Å². The highest BCUT2D eigenvalue weighted by atomic mass is 16.3. The summed E-state index contributed by atoms with van der Waals surface area (Å²) in [4.78, 5) is 15.5. The van der Waals surface area contributed by atoms with Crippen LogP contribution >= 0.6 is 0 Å². The summed E-state index contributed by atoms with van der Waals surface area (Å²) in [6, 6.07) is 56.9. The fourth-order valence-electron chi connectivity index (χ4n) is 7.18. The van der Waals surface area contributed by atoms with Gasteiger partial charge in [-0.15, -0.1) is 0 Å². The van der Waals surface area contributed by atoms with Gasteiger partial charge in [0.1, 0.15) is 11.2 Å². The molecule has 49 heavy (non-hydrogen) atoms. The number of benzene rings is 8. The lowest BCUT2D eigenvalue weighted by Crippen LogP contribution is -2.01. The summed E-state index contributed by atoms with van der Waals surface area (Å²) in [6.07, 6.45) is 0. The zero-order chi connectivity index (χ0) is 32.3. The maximum atomic E-state index is 6.45. The Morgan fingerprint density at radius 1 is 0.327 bits per heavy atom. The van der Waals surface area contributed by atoms with Crippen molar-refractivity contribution < 1.29 is 4.42 Å². The molecule has 0 saturated carbocycles. The van der Waals surface area contributed by atoms with Crippen LogP contribution in [-0.2, 0) is 0 Å². The number of furan rings is 1. The Bertz CT molecular complexity index is 2890. The van der Waals surface area contributed by atoms with E-state index in [-0.39, 0.29) is 0 Å². The van der Waals surface area contributed by atoms with Crippen molar-refractivity contribution >= 4 is 54.3 Å². The third-order valence-corrected chi connectivity index (χ3v) is 9.53. The topological polar surface area (TPSA) is 51.8 Å². The van der Waals surface area contributed by atoms with Gasteiger partial charge in [0.15, 0.2) is 17.5 Å². The molecular formula is C45H27N3O. The first-order valence-corrected chi connectivity index (χ1v) is 16.4. The van der Waals surface area contributed by atoms with Gasteiger partial charge in [0.2, 0.25) is 0 Å². The second-order valence-corrected chi connectivity index (χ2v) is 12.4. The molecule has 0 bridgehead atoms. The lowest BCUT2D eigenvalue weighted by atomic mass is 9.96. The number of hydrogen-bond donors (Lipinski definition) is 0. The zero-order valence-electron chi connectivity index (χ0n) is 26.3. The predicted octanol–water partition coefficient (Wildman–Crippen LogP) is 11.9. The van der Waals surface area contributed by atoms with Crippen molar-refractivity contribution in [3.8, 4) is 45.3 Å². The van der Waals surface area contributed by atoms with Crippen LogP contribution in [0.25, 0.3) is 99.5 Å². The Balaban J connectivity index is 1.21. The fraction of sp³-hybridized carbons (Fsp3) is 0. The SMILES string of the molecule is c1ccc(-c2ccccc2-c2nc(-c3ccc4c(ccc5c6ccccc6ccc45)c3)nc(-c3cccc4c3oc3ccccc34)n2)cc1. The highest BCUT2D eigenvalue weighted by Gasteiger charge is 2.19. The van der Waals surface area contributed by atoms with Crippen molar-refractivity contribution in [2.24, 2.45) is 0 Å². The molecule has 4 nitrogen and oxygen atoms in total. The number of nitrogens with zero attached hydrogens (tertiary/aromatic N) is 3. The van der Waals surface area contributed by atoms with E-state index < -0.39 is 0 Å². The van der Waals surface area contributed by atoms with Crippen LogP contribution in [0.2, 0.25) is 0 Å². The Morgan fingerprint density at radius 3 is 1.78 bits per heavy atom. The number of para-hydroxylation sites is 2. The van der Waals surface area contributed by atoms with Crippen LogP contribution < -0.4 is 0 Å².